The number of rotatable bonds is 0. The molecular weight excluding hydrogens is 216 g/mol. The number of hydrogen-bond acceptors (Lipinski definition) is 4. The predicted molar refractivity (Wildman–Crippen MR) is 34.1 cm³/mol. The van der Waals surface area contributed by atoms with Crippen molar-refractivity contribution in [1.82, 2.24) is 0 Å². The summed E-state index contributed by atoms with van der Waals surface area (Å²) >= 11 is 0. The van der Waals surface area contributed by atoms with Crippen molar-refractivity contribution in [3.63, 3.8) is 0 Å². The van der Waals surface area contributed by atoms with E-state index < -0.39 is 20.8 Å². The Hall–Kier alpha value is 0.506. The summed E-state index contributed by atoms with van der Waals surface area (Å²) in [7, 11) is -9.33. The van der Waals surface area contributed by atoms with Gasteiger partial charge in [0.05, 0.1) is 0 Å². The van der Waals surface area contributed by atoms with Crippen LogP contribution in [0, 0.1) is 0 Å². The van der Waals surface area contributed by atoms with E-state index >= 15 is 0 Å². The zero-order chi connectivity index (χ0) is 9.00. The molecule has 8 nitrogen and oxygen atoms in total. The zero-order valence-corrected chi connectivity index (χ0v) is 7.99. The maximum absolute atomic E-state index is 8.74. The molecule has 4 N–H and O–H groups in total. The maximum atomic E-state index is 8.74. The van der Waals surface area contributed by atoms with Gasteiger partial charge >= 0.3 is 20.8 Å². The highest BCUT2D eigenvalue weighted by molar-refractivity contribution is 7.80. The fourth-order valence-electron chi connectivity index (χ4n) is 0. The van der Waals surface area contributed by atoms with Gasteiger partial charge in [0, 0.05) is 23.1 Å². The van der Waals surface area contributed by atoms with Gasteiger partial charge in [0.1, 0.15) is 0 Å². The third-order valence-electron chi connectivity index (χ3n) is 0. The van der Waals surface area contributed by atoms with Gasteiger partial charge in [-0.15, -0.1) is 0 Å². The molecule has 0 aromatic heterocycles. The average Bonchev–Trinajstić information content (AvgIpc) is 1.12. The Bertz CT molecular complexity index is 208. The second-order valence-electron chi connectivity index (χ2n) is 0.896. The van der Waals surface area contributed by atoms with E-state index in [1.54, 1.807) is 0 Å². The van der Waals surface area contributed by atoms with Crippen LogP contribution >= 0.6 is 0 Å². The lowest BCUT2D eigenvalue weighted by Gasteiger charge is -1.68. The molecule has 0 heterocycles. The van der Waals surface area contributed by atoms with Crippen LogP contribution in [0.5, 0.6) is 0 Å². The van der Waals surface area contributed by atoms with Crippen molar-refractivity contribution >= 4 is 43.9 Å². The molecule has 0 rings (SSSR count). The molecule has 2 radical (unpaired) electrons. The average molecular weight is 220 g/mol. The lowest BCUT2D eigenvalue weighted by Crippen LogP contribution is -1.89. The molecule has 11 heteroatoms. The third-order valence-corrected chi connectivity index (χ3v) is 0. The second kappa shape index (κ2) is 6.07. The van der Waals surface area contributed by atoms with Gasteiger partial charge in [0.15, 0.2) is 0 Å². The Morgan fingerprint density at radius 2 is 0.636 bits per heavy atom. The van der Waals surface area contributed by atoms with Gasteiger partial charge in [-0.2, -0.15) is 16.8 Å². The van der Waals surface area contributed by atoms with Crippen molar-refractivity contribution in [1.29, 1.82) is 0 Å². The Morgan fingerprint density at radius 3 is 0.636 bits per heavy atom. The lowest BCUT2D eigenvalue weighted by molar-refractivity contribution is 0.378. The fraction of sp³-hybridized carbons (Fsp3) is 0. The predicted octanol–water partition coefficient (Wildman–Crippen LogP) is -1.69. The van der Waals surface area contributed by atoms with E-state index in [9.17, 15) is 0 Å². The van der Waals surface area contributed by atoms with E-state index in [1.165, 1.54) is 0 Å². The standard InChI is InChI=1S/Mg.2H2O4S/c;2*1-5(2,3)4/h;2*(H2,1,2,3,4). The Labute approximate surface area is 78.9 Å². The van der Waals surface area contributed by atoms with E-state index in [2.05, 4.69) is 0 Å². The summed E-state index contributed by atoms with van der Waals surface area (Å²) in [6.45, 7) is 0. The summed E-state index contributed by atoms with van der Waals surface area (Å²) in [6.07, 6.45) is 0. The topological polar surface area (TPSA) is 149 Å². The van der Waals surface area contributed by atoms with Crippen LogP contribution in [0.4, 0.5) is 0 Å². The highest BCUT2D eigenvalue weighted by Crippen LogP contribution is 1.59. The minimum absolute atomic E-state index is 0. The minimum Gasteiger partial charge on any atom is -0.264 e. The molecule has 0 aliphatic heterocycles. The van der Waals surface area contributed by atoms with E-state index in [-0.39, 0.29) is 23.1 Å². The smallest absolute Gasteiger partial charge is 0.264 e. The van der Waals surface area contributed by atoms with Gasteiger partial charge < -0.3 is 0 Å². The van der Waals surface area contributed by atoms with Crippen molar-refractivity contribution in [2.24, 2.45) is 0 Å². The first-order valence-electron chi connectivity index (χ1n) is 1.40. The van der Waals surface area contributed by atoms with Crippen molar-refractivity contribution in [3.05, 3.63) is 0 Å². The molecule has 0 saturated carbocycles. The van der Waals surface area contributed by atoms with Crippen molar-refractivity contribution < 1.29 is 35.0 Å². The van der Waals surface area contributed by atoms with Crippen LogP contribution in [0.3, 0.4) is 0 Å². The summed E-state index contributed by atoms with van der Waals surface area (Å²) in [5, 5.41) is 0. The molecule has 0 aliphatic carbocycles. The van der Waals surface area contributed by atoms with Gasteiger partial charge in [-0.05, 0) is 0 Å². The molecule has 0 atom stereocenters. The highest BCUT2D eigenvalue weighted by Gasteiger charge is 1.85. The molecule has 0 amide bonds. The molecular formula is H4MgO8S2. The van der Waals surface area contributed by atoms with Gasteiger partial charge in [-0.25, -0.2) is 0 Å². The van der Waals surface area contributed by atoms with E-state index in [0.717, 1.165) is 0 Å². The first-order chi connectivity index (χ1) is 4.00. The maximum Gasteiger partial charge on any atom is 0.394 e. The zero-order valence-electron chi connectivity index (χ0n) is 4.95. The monoisotopic (exact) mass is 220 g/mol. The van der Waals surface area contributed by atoms with E-state index in [4.69, 9.17) is 35.0 Å². The van der Waals surface area contributed by atoms with Gasteiger partial charge in [-0.1, -0.05) is 0 Å². The largest absolute Gasteiger partial charge is 0.394 e. The van der Waals surface area contributed by atoms with Crippen LogP contribution in [-0.2, 0) is 20.8 Å². The Balaban J connectivity index is -0.000000107. The van der Waals surface area contributed by atoms with Crippen LogP contribution in [0.1, 0.15) is 0 Å². The van der Waals surface area contributed by atoms with Crippen LogP contribution in [0.25, 0.3) is 0 Å². The molecule has 66 valence electrons. The van der Waals surface area contributed by atoms with Crippen LogP contribution in [0.2, 0.25) is 0 Å². The Morgan fingerprint density at radius 1 is 0.636 bits per heavy atom. The summed E-state index contributed by atoms with van der Waals surface area (Å²) in [5.74, 6) is 0. The summed E-state index contributed by atoms with van der Waals surface area (Å²) in [4.78, 5) is 0. The fourth-order valence-corrected chi connectivity index (χ4v) is 0. The molecule has 0 aromatic carbocycles. The molecule has 0 saturated heterocycles. The molecule has 0 aromatic rings. The van der Waals surface area contributed by atoms with Crippen LogP contribution in [-0.4, -0.2) is 58.1 Å². The molecule has 0 fully saturated rings. The summed E-state index contributed by atoms with van der Waals surface area (Å²) < 4.78 is 63.2. The lowest BCUT2D eigenvalue weighted by atomic mass is 15.8. The molecule has 0 spiro atoms. The first kappa shape index (κ1) is 17.6. The molecule has 11 heavy (non-hydrogen) atoms. The van der Waals surface area contributed by atoms with Gasteiger partial charge in [0.2, 0.25) is 0 Å². The third kappa shape index (κ3) is 2970. The SMILES string of the molecule is O=S(=O)(O)O.O=S(=O)(O)O.[Mg]. The Kier molecular flexibility index (Phi) is 9.69. The van der Waals surface area contributed by atoms with Crippen molar-refractivity contribution in [3.8, 4) is 0 Å². The highest BCUT2D eigenvalue weighted by atomic mass is 32.3. The summed E-state index contributed by atoms with van der Waals surface area (Å²) in [5.41, 5.74) is 0. The van der Waals surface area contributed by atoms with Crippen molar-refractivity contribution in [2.45, 2.75) is 0 Å². The van der Waals surface area contributed by atoms with Gasteiger partial charge in [-0.3, -0.25) is 18.2 Å². The molecule has 0 aliphatic rings. The minimum atomic E-state index is -4.67. The van der Waals surface area contributed by atoms with Crippen LogP contribution < -0.4 is 0 Å². The quantitative estimate of drug-likeness (QED) is 0.279. The number of hydrogen-bond donors (Lipinski definition) is 4. The second-order valence-corrected chi connectivity index (χ2v) is 2.69. The van der Waals surface area contributed by atoms with Gasteiger partial charge in [0.25, 0.3) is 0 Å². The normalized spacial score (nSPS) is 10.5. The summed E-state index contributed by atoms with van der Waals surface area (Å²) in [6, 6.07) is 0. The molecule has 0 unspecified atom stereocenters. The molecule has 0 bridgehead atoms. The van der Waals surface area contributed by atoms with E-state index in [0.29, 0.717) is 0 Å². The first-order valence-corrected chi connectivity index (χ1v) is 4.19. The van der Waals surface area contributed by atoms with Crippen molar-refractivity contribution in [2.75, 3.05) is 0 Å². The van der Waals surface area contributed by atoms with E-state index in [1.807, 2.05) is 0 Å². The van der Waals surface area contributed by atoms with Crippen LogP contribution in [0.15, 0.2) is 0 Å².